The maximum absolute atomic E-state index is 12.4. The molecule has 6 heteroatoms. The van der Waals surface area contributed by atoms with Gasteiger partial charge in [-0.3, -0.25) is 14.5 Å². The third-order valence-corrected chi connectivity index (χ3v) is 11.1. The van der Waals surface area contributed by atoms with Crippen molar-refractivity contribution in [1.82, 2.24) is 4.90 Å². The first-order valence-corrected chi connectivity index (χ1v) is 23.0. The summed E-state index contributed by atoms with van der Waals surface area (Å²) in [6, 6.07) is 0. The van der Waals surface area contributed by atoms with Crippen molar-refractivity contribution in [2.75, 3.05) is 46.1 Å². The number of morpholine rings is 1. The largest absolute Gasteiger partial charge is 0.466 e. The van der Waals surface area contributed by atoms with Crippen molar-refractivity contribution >= 4 is 11.9 Å². The molecule has 0 aromatic heterocycles. The predicted octanol–water partition coefficient (Wildman–Crippen LogP) is 13.1. The second kappa shape index (κ2) is 37.3. The first kappa shape index (κ1) is 49.4. The minimum atomic E-state index is -0.0656. The van der Waals surface area contributed by atoms with Crippen LogP contribution in [-0.2, 0) is 23.8 Å². The highest BCUT2D eigenvalue weighted by Crippen LogP contribution is 2.22. The van der Waals surface area contributed by atoms with Crippen LogP contribution in [0, 0.1) is 11.8 Å². The van der Waals surface area contributed by atoms with Gasteiger partial charge in [0.1, 0.15) is 0 Å². The Morgan fingerprint density at radius 2 is 1.13 bits per heavy atom. The predicted molar refractivity (Wildman–Crippen MR) is 225 cm³/mol. The second-order valence-corrected chi connectivity index (χ2v) is 16.0. The van der Waals surface area contributed by atoms with Crippen LogP contribution in [0.5, 0.6) is 0 Å². The van der Waals surface area contributed by atoms with Crippen LogP contribution >= 0.6 is 0 Å². The molecule has 0 aliphatic carbocycles. The van der Waals surface area contributed by atoms with Gasteiger partial charge < -0.3 is 14.2 Å². The molecule has 0 spiro atoms. The van der Waals surface area contributed by atoms with E-state index in [2.05, 4.69) is 50.8 Å². The zero-order valence-electron chi connectivity index (χ0n) is 35.6. The van der Waals surface area contributed by atoms with Crippen LogP contribution in [0.1, 0.15) is 207 Å². The van der Waals surface area contributed by atoms with Gasteiger partial charge in [-0.15, -0.1) is 0 Å². The summed E-state index contributed by atoms with van der Waals surface area (Å²) in [5.74, 6) is 1.25. The van der Waals surface area contributed by atoms with Crippen LogP contribution < -0.4 is 0 Å². The minimum absolute atomic E-state index is 0.0119. The first-order chi connectivity index (χ1) is 26.0. The van der Waals surface area contributed by atoms with Gasteiger partial charge in [-0.25, -0.2) is 0 Å². The fourth-order valence-electron chi connectivity index (χ4n) is 7.52. The van der Waals surface area contributed by atoms with Crippen molar-refractivity contribution in [3.63, 3.8) is 0 Å². The summed E-state index contributed by atoms with van der Waals surface area (Å²) in [6.07, 6.45) is 39.0. The second-order valence-electron chi connectivity index (χ2n) is 16.0. The molecule has 1 aliphatic rings. The van der Waals surface area contributed by atoms with Crippen molar-refractivity contribution in [1.29, 1.82) is 0 Å². The molecule has 0 aromatic carbocycles. The monoisotopic (exact) mass is 746 g/mol. The summed E-state index contributed by atoms with van der Waals surface area (Å²) in [7, 11) is 0. The van der Waals surface area contributed by atoms with E-state index in [0.29, 0.717) is 32.0 Å². The molecular weight excluding hydrogens is 659 g/mol. The molecule has 1 aliphatic heterocycles. The molecule has 0 saturated carbocycles. The normalized spacial score (nSPS) is 15.2. The number of nitrogens with zero attached hydrogens (tertiary/aromatic N) is 1. The van der Waals surface area contributed by atoms with E-state index in [1.165, 1.54) is 128 Å². The molecule has 310 valence electrons. The summed E-state index contributed by atoms with van der Waals surface area (Å²) in [4.78, 5) is 27.3. The van der Waals surface area contributed by atoms with Crippen LogP contribution in [0.2, 0.25) is 0 Å². The van der Waals surface area contributed by atoms with Crippen molar-refractivity contribution in [2.45, 2.75) is 207 Å². The summed E-state index contributed by atoms with van der Waals surface area (Å²) >= 11 is 0. The molecule has 0 bridgehead atoms. The van der Waals surface area contributed by atoms with E-state index in [4.69, 9.17) is 14.2 Å². The Morgan fingerprint density at radius 1 is 0.623 bits per heavy atom. The molecule has 2 atom stereocenters. The number of allylic oxidation sites excluding steroid dienone is 3. The molecule has 0 radical (unpaired) electrons. The maximum Gasteiger partial charge on any atom is 0.309 e. The van der Waals surface area contributed by atoms with Gasteiger partial charge in [0.15, 0.2) is 0 Å². The number of carbonyl (C=O) groups is 2. The Labute approximate surface area is 329 Å². The SMILES string of the molecule is CC/C=C/C=C(\CCCCC)CC(=O)OCCCCCCCCCC(CCCCCCCCCOC(=O)CC(CC)CCCCC)CN1CCOCC1. The highest BCUT2D eigenvalue weighted by molar-refractivity contribution is 5.72. The lowest BCUT2D eigenvalue weighted by Gasteiger charge is -2.30. The molecule has 0 aromatic rings. The summed E-state index contributed by atoms with van der Waals surface area (Å²) in [5.41, 5.74) is 1.20. The van der Waals surface area contributed by atoms with Gasteiger partial charge in [-0.1, -0.05) is 167 Å². The Balaban J connectivity index is 2.14. The number of unbranched alkanes of at least 4 members (excludes halogenated alkanes) is 16. The lowest BCUT2D eigenvalue weighted by atomic mass is 9.93. The fourth-order valence-corrected chi connectivity index (χ4v) is 7.52. The number of ether oxygens (including phenoxy) is 3. The zero-order chi connectivity index (χ0) is 38.5. The molecule has 0 N–H and O–H groups in total. The standard InChI is InChI=1S/C47H87NO5/c1-5-9-22-29-43(8-4)40-46(49)52-36-27-20-16-12-14-18-25-32-45(42-48-34-38-51-39-35-48)33-26-19-15-13-17-21-28-37-53-47(50)41-44(30-23-10-6-2)31-24-11-7-3/h10,23,30,43,45H,5-9,11-22,24-29,31-42H2,1-4H3/b23-10+,44-30+. The summed E-state index contributed by atoms with van der Waals surface area (Å²) < 4.78 is 16.8. The van der Waals surface area contributed by atoms with Crippen molar-refractivity contribution < 1.29 is 23.8 Å². The lowest BCUT2D eigenvalue weighted by Crippen LogP contribution is -2.39. The van der Waals surface area contributed by atoms with E-state index in [1.807, 2.05) is 0 Å². The Bertz CT molecular complexity index is 895. The van der Waals surface area contributed by atoms with Crippen LogP contribution in [-0.4, -0.2) is 62.9 Å². The number of hydrogen-bond acceptors (Lipinski definition) is 6. The number of carbonyl (C=O) groups excluding carboxylic acids is 2. The summed E-state index contributed by atoms with van der Waals surface area (Å²) in [6.45, 7) is 15.1. The topological polar surface area (TPSA) is 65.1 Å². The van der Waals surface area contributed by atoms with Crippen LogP contribution in [0.3, 0.4) is 0 Å². The van der Waals surface area contributed by atoms with Crippen molar-refractivity contribution in [3.05, 3.63) is 23.8 Å². The zero-order valence-corrected chi connectivity index (χ0v) is 35.6. The average Bonchev–Trinajstić information content (AvgIpc) is 3.16. The molecular formula is C47H87NO5. The Morgan fingerprint density at radius 3 is 1.70 bits per heavy atom. The summed E-state index contributed by atoms with van der Waals surface area (Å²) in [5, 5.41) is 0. The van der Waals surface area contributed by atoms with Gasteiger partial charge in [0.05, 0.1) is 32.8 Å². The van der Waals surface area contributed by atoms with Gasteiger partial charge in [0.2, 0.25) is 0 Å². The van der Waals surface area contributed by atoms with Gasteiger partial charge >= 0.3 is 11.9 Å². The molecule has 2 unspecified atom stereocenters. The van der Waals surface area contributed by atoms with E-state index < -0.39 is 0 Å². The van der Waals surface area contributed by atoms with Crippen LogP contribution in [0.25, 0.3) is 0 Å². The quantitative estimate of drug-likeness (QED) is 0.0358. The molecule has 53 heavy (non-hydrogen) atoms. The minimum Gasteiger partial charge on any atom is -0.466 e. The molecule has 0 amide bonds. The number of hydrogen-bond donors (Lipinski definition) is 0. The van der Waals surface area contributed by atoms with E-state index in [0.717, 1.165) is 83.6 Å². The molecule has 1 saturated heterocycles. The van der Waals surface area contributed by atoms with E-state index >= 15 is 0 Å². The smallest absolute Gasteiger partial charge is 0.309 e. The third kappa shape index (κ3) is 31.3. The molecule has 1 rings (SSSR count). The van der Waals surface area contributed by atoms with Crippen LogP contribution in [0.4, 0.5) is 0 Å². The van der Waals surface area contributed by atoms with Gasteiger partial charge in [-0.05, 0) is 63.2 Å². The number of rotatable bonds is 37. The van der Waals surface area contributed by atoms with E-state index in [-0.39, 0.29) is 11.9 Å². The average molecular weight is 746 g/mol. The van der Waals surface area contributed by atoms with E-state index in [1.54, 1.807) is 0 Å². The highest BCUT2D eigenvalue weighted by Gasteiger charge is 2.17. The Hall–Kier alpha value is -1.66. The highest BCUT2D eigenvalue weighted by atomic mass is 16.5. The lowest BCUT2D eigenvalue weighted by molar-refractivity contribution is -0.145. The van der Waals surface area contributed by atoms with Gasteiger partial charge in [0, 0.05) is 26.1 Å². The molecule has 1 fully saturated rings. The van der Waals surface area contributed by atoms with Gasteiger partial charge in [-0.2, -0.15) is 0 Å². The van der Waals surface area contributed by atoms with E-state index in [9.17, 15) is 9.59 Å². The number of esters is 2. The maximum atomic E-state index is 12.4. The van der Waals surface area contributed by atoms with Crippen molar-refractivity contribution in [3.8, 4) is 0 Å². The molecule has 6 nitrogen and oxygen atoms in total. The molecule has 1 heterocycles. The third-order valence-electron chi connectivity index (χ3n) is 11.1. The Kier molecular flexibility index (Phi) is 34.7. The van der Waals surface area contributed by atoms with Crippen molar-refractivity contribution in [2.24, 2.45) is 11.8 Å². The van der Waals surface area contributed by atoms with Gasteiger partial charge in [0.25, 0.3) is 0 Å². The first-order valence-electron chi connectivity index (χ1n) is 23.0. The van der Waals surface area contributed by atoms with Crippen LogP contribution in [0.15, 0.2) is 23.8 Å². The fraction of sp³-hybridized carbons (Fsp3) is 0.872.